The van der Waals surface area contributed by atoms with Gasteiger partial charge in [-0.2, -0.15) is 0 Å². The van der Waals surface area contributed by atoms with E-state index in [0.29, 0.717) is 48.6 Å². The standard InChI is InChI=1S/C25H24N4O2.C14H15BrN2O2.C8H5BrN2O2.C5H11NO/c1-17-5-4-8-22(27-17)21-7-3-2-6-20(21)18-9-10-24-26-15-23(29(24)16-18)25(30)28-19-11-13-31-14-12-19;15-11-1-2-14-16-8-12(17(14)9-11)13(18)7-10-3-5-19-6-4-10;9-5-1-2-7-10-3-6(8(12)13)11(7)4-5;6-5-1-3-7-4-2-5/h2-10,15-16,19H,11-14H2,1H3,(H,28,30);1-2,8-10H,3-7H2;1-4H,(H,12,13);5H,1-4,6H2. The fourth-order valence-electron chi connectivity index (χ4n) is 8.37. The molecule has 3 saturated heterocycles. The summed E-state index contributed by atoms with van der Waals surface area (Å²) < 4.78 is 22.8. The zero-order chi connectivity index (χ0) is 49.0. The lowest BCUT2D eigenvalue weighted by Gasteiger charge is -2.22. The molecule has 4 N–H and O–H groups in total. The predicted molar refractivity (Wildman–Crippen MR) is 273 cm³/mol. The third-order valence-electron chi connectivity index (χ3n) is 12.2. The minimum atomic E-state index is -0.981. The predicted octanol–water partition coefficient (Wildman–Crippen LogP) is 9.30. The van der Waals surface area contributed by atoms with Gasteiger partial charge in [-0.25, -0.2) is 19.7 Å². The Morgan fingerprint density at radius 3 is 1.76 bits per heavy atom. The molecule has 8 aromatic rings. The van der Waals surface area contributed by atoms with Crippen molar-refractivity contribution in [3.63, 3.8) is 0 Å². The number of hydrogen-bond donors (Lipinski definition) is 3. The van der Waals surface area contributed by atoms with Gasteiger partial charge < -0.3 is 30.4 Å². The second-order valence-electron chi connectivity index (χ2n) is 17.2. The molecular weight excluding hydrogens is 1020 g/mol. The maximum atomic E-state index is 12.9. The molecule has 7 aromatic heterocycles. The zero-order valence-corrected chi connectivity index (χ0v) is 41.9. The zero-order valence-electron chi connectivity index (χ0n) is 38.8. The molecule has 3 aliphatic rings. The molecule has 0 bridgehead atoms. The molecule has 16 nitrogen and oxygen atoms in total. The van der Waals surface area contributed by atoms with E-state index in [1.807, 2.05) is 88.8 Å². The molecule has 0 aliphatic carbocycles. The lowest BCUT2D eigenvalue weighted by molar-refractivity contribution is 0.0598. The highest BCUT2D eigenvalue weighted by Gasteiger charge is 2.22. The number of nitrogens with one attached hydrogen (secondary N) is 1. The number of aromatic nitrogens is 7. The molecule has 3 aliphatic heterocycles. The van der Waals surface area contributed by atoms with E-state index in [4.69, 9.17) is 30.0 Å². The average molecular weight is 1080 g/mol. The number of nitrogens with zero attached hydrogens (tertiary/aromatic N) is 7. The van der Waals surface area contributed by atoms with Gasteiger partial charge in [0.25, 0.3) is 5.91 Å². The number of fused-ring (bicyclic) bond motifs is 3. The van der Waals surface area contributed by atoms with Gasteiger partial charge in [0, 0.05) is 96.9 Å². The molecule has 1 aromatic carbocycles. The number of carboxylic acids is 1. The second kappa shape index (κ2) is 24.1. The molecular formula is C52H55Br2N9O7. The number of nitrogens with two attached hydrogens (primary N) is 1. The normalized spacial score (nSPS) is 15.5. The van der Waals surface area contributed by atoms with E-state index in [1.54, 1.807) is 24.7 Å². The van der Waals surface area contributed by atoms with E-state index in [-0.39, 0.29) is 23.4 Å². The number of hydrogen-bond acceptors (Lipinski definition) is 11. The van der Waals surface area contributed by atoms with Crippen molar-refractivity contribution in [1.82, 2.24) is 38.5 Å². The van der Waals surface area contributed by atoms with Crippen molar-refractivity contribution in [2.45, 2.75) is 64.0 Å². The van der Waals surface area contributed by atoms with Gasteiger partial charge in [-0.05, 0) is 143 Å². The first-order valence-electron chi connectivity index (χ1n) is 23.3. The fraction of sp³-hybridized carbons (Fsp3) is 0.327. The number of pyridine rings is 4. The Morgan fingerprint density at radius 2 is 1.17 bits per heavy atom. The van der Waals surface area contributed by atoms with Gasteiger partial charge in [0.05, 0.1) is 24.3 Å². The smallest absolute Gasteiger partial charge is 0.354 e. The molecule has 70 heavy (non-hydrogen) atoms. The second-order valence-corrected chi connectivity index (χ2v) is 19.1. The number of rotatable bonds is 8. The number of halogens is 2. The van der Waals surface area contributed by atoms with Crippen molar-refractivity contribution in [2.24, 2.45) is 11.7 Å². The Labute approximate surface area is 421 Å². The first-order chi connectivity index (χ1) is 34.0. The van der Waals surface area contributed by atoms with Crippen molar-refractivity contribution in [2.75, 3.05) is 39.6 Å². The number of carbonyl (C=O) groups excluding carboxylic acids is 2. The number of ketones is 1. The molecule has 10 heterocycles. The van der Waals surface area contributed by atoms with Crippen molar-refractivity contribution < 1.29 is 33.7 Å². The average Bonchev–Trinajstić information content (AvgIpc) is 4.12. The number of Topliss-reactive ketones (excluding diaryl/α,β-unsaturated/α-hetero) is 1. The van der Waals surface area contributed by atoms with E-state index in [0.717, 1.165) is 113 Å². The first kappa shape index (κ1) is 50.2. The largest absolute Gasteiger partial charge is 0.477 e. The molecule has 3 fully saturated rings. The summed E-state index contributed by atoms with van der Waals surface area (Å²) in [5.74, 6) is -0.479. The van der Waals surface area contributed by atoms with Crippen LogP contribution < -0.4 is 11.1 Å². The van der Waals surface area contributed by atoms with Gasteiger partial charge in [0.2, 0.25) is 0 Å². The molecule has 0 atom stereocenters. The molecule has 11 rings (SSSR count). The minimum Gasteiger partial charge on any atom is -0.477 e. The van der Waals surface area contributed by atoms with Gasteiger partial charge in [-0.3, -0.25) is 27.8 Å². The molecule has 1 amide bonds. The van der Waals surface area contributed by atoms with Crippen LogP contribution >= 0.6 is 31.9 Å². The number of benzene rings is 1. The quantitative estimate of drug-likeness (QED) is 0.122. The SMILES string of the molecule is Cc1cccc(-c2ccccc2-c2ccc3ncc(C(=O)NC4CCOCC4)n3c2)n1.NC1CCOCC1.O=C(CC1CCOCC1)c1cnc2ccc(Br)cn12.O=C(O)c1cnc2ccc(Br)cn12. The summed E-state index contributed by atoms with van der Waals surface area (Å²) in [6.07, 6.45) is 16.5. The van der Waals surface area contributed by atoms with Gasteiger partial charge in [-0.1, -0.05) is 30.3 Å². The highest BCUT2D eigenvalue weighted by atomic mass is 79.9. The molecule has 0 radical (unpaired) electrons. The van der Waals surface area contributed by atoms with E-state index in [9.17, 15) is 14.4 Å². The number of imidazole rings is 3. The summed E-state index contributed by atoms with van der Waals surface area (Å²) in [6.45, 7) is 6.64. The van der Waals surface area contributed by atoms with E-state index >= 15 is 0 Å². The Kier molecular flexibility index (Phi) is 17.3. The van der Waals surface area contributed by atoms with Crippen LogP contribution in [0.2, 0.25) is 0 Å². The lowest BCUT2D eigenvalue weighted by atomic mass is 9.93. The van der Waals surface area contributed by atoms with Gasteiger partial charge in [-0.15, -0.1) is 0 Å². The number of carbonyl (C=O) groups is 3. The Bertz CT molecular complexity index is 3060. The lowest BCUT2D eigenvalue weighted by Crippen LogP contribution is -2.39. The Morgan fingerprint density at radius 1 is 0.643 bits per heavy atom. The summed E-state index contributed by atoms with van der Waals surface area (Å²) in [5.41, 5.74) is 14.1. The molecule has 0 unspecified atom stereocenters. The summed E-state index contributed by atoms with van der Waals surface area (Å²) in [5, 5.41) is 11.9. The van der Waals surface area contributed by atoms with Crippen LogP contribution in [0.5, 0.6) is 0 Å². The van der Waals surface area contributed by atoms with Crippen molar-refractivity contribution in [3.8, 4) is 22.4 Å². The van der Waals surface area contributed by atoms with Crippen LogP contribution in [-0.2, 0) is 14.2 Å². The van der Waals surface area contributed by atoms with E-state index in [1.165, 1.54) is 10.6 Å². The van der Waals surface area contributed by atoms with Gasteiger partial charge in [0.1, 0.15) is 28.3 Å². The third kappa shape index (κ3) is 13.0. The Balaban J connectivity index is 0.000000143. The van der Waals surface area contributed by atoms with Crippen LogP contribution in [0.1, 0.15) is 82.1 Å². The van der Waals surface area contributed by atoms with Crippen LogP contribution in [0.4, 0.5) is 0 Å². The summed E-state index contributed by atoms with van der Waals surface area (Å²) in [7, 11) is 0. The summed E-state index contributed by atoms with van der Waals surface area (Å²) >= 11 is 6.68. The molecule has 18 heteroatoms. The minimum absolute atomic E-state index is 0.106. The third-order valence-corrected chi connectivity index (χ3v) is 13.2. The highest BCUT2D eigenvalue weighted by molar-refractivity contribution is 9.10. The first-order valence-corrected chi connectivity index (χ1v) is 24.9. The topological polar surface area (TPSA) is 202 Å². The Hall–Kier alpha value is -6.15. The van der Waals surface area contributed by atoms with E-state index in [2.05, 4.69) is 64.3 Å². The fourth-order valence-corrected chi connectivity index (χ4v) is 9.04. The molecule has 0 saturated carbocycles. The van der Waals surface area contributed by atoms with Crippen molar-refractivity contribution in [3.05, 3.63) is 148 Å². The number of aromatic carboxylic acids is 1. The van der Waals surface area contributed by atoms with Crippen LogP contribution in [0.3, 0.4) is 0 Å². The maximum absolute atomic E-state index is 12.9. The summed E-state index contributed by atoms with van der Waals surface area (Å²) in [4.78, 5) is 53.4. The van der Waals surface area contributed by atoms with Crippen molar-refractivity contribution >= 4 is 66.5 Å². The van der Waals surface area contributed by atoms with Crippen LogP contribution in [0.15, 0.2) is 125 Å². The number of ether oxygens (including phenoxy) is 3. The molecule has 364 valence electrons. The van der Waals surface area contributed by atoms with Crippen LogP contribution in [0.25, 0.3) is 39.3 Å². The van der Waals surface area contributed by atoms with E-state index < -0.39 is 5.97 Å². The summed E-state index contributed by atoms with van der Waals surface area (Å²) in [6, 6.07) is 26.2. The van der Waals surface area contributed by atoms with Gasteiger partial charge >= 0.3 is 5.97 Å². The maximum Gasteiger partial charge on any atom is 0.354 e. The highest BCUT2D eigenvalue weighted by Crippen LogP contribution is 2.32. The van der Waals surface area contributed by atoms with Crippen molar-refractivity contribution in [1.29, 1.82) is 0 Å². The number of carboxylic acid groups (broad SMARTS) is 1. The molecule has 0 spiro atoms. The van der Waals surface area contributed by atoms with Crippen LogP contribution in [0, 0.1) is 12.8 Å². The number of aryl methyl sites for hydroxylation is 1. The van der Waals surface area contributed by atoms with Crippen LogP contribution in [-0.4, -0.2) is 108 Å². The number of amides is 1. The van der Waals surface area contributed by atoms with Gasteiger partial charge in [0.15, 0.2) is 11.5 Å². The monoisotopic (exact) mass is 1080 g/mol.